The van der Waals surface area contributed by atoms with Gasteiger partial charge < -0.3 is 10.1 Å². The average Bonchev–Trinajstić information content (AvgIpc) is 2.62. The maximum atomic E-state index is 12.2. The lowest BCUT2D eigenvalue weighted by molar-refractivity contribution is 0.0569. The zero-order valence-electron chi connectivity index (χ0n) is 16.4. The highest BCUT2D eigenvalue weighted by molar-refractivity contribution is 6.30. The van der Waals surface area contributed by atoms with Crippen molar-refractivity contribution in [3.8, 4) is 5.75 Å². The van der Waals surface area contributed by atoms with Crippen LogP contribution >= 0.6 is 11.6 Å². The Hall–Kier alpha value is -2.04. The molecule has 2 aromatic carbocycles. The molecule has 0 aliphatic carbocycles. The Kier molecular flexibility index (Phi) is 6.08. The van der Waals surface area contributed by atoms with Gasteiger partial charge in [0.25, 0.3) is 5.91 Å². The molecule has 1 fully saturated rings. The standard InChI is InChI=1S/C22H27ClN2O2/c1-14-15(2)21(27-4)9-8-20(14)16(3)25-12-17(13-25)11-24-22(26)18-6-5-7-19(23)10-18/h5-10,16-17H,11-13H2,1-4H3,(H,24,26). The van der Waals surface area contributed by atoms with E-state index < -0.39 is 0 Å². The fraction of sp³-hybridized carbons (Fsp3) is 0.409. The fourth-order valence-electron chi connectivity index (χ4n) is 3.71. The number of nitrogens with one attached hydrogen (secondary N) is 1. The minimum Gasteiger partial charge on any atom is -0.496 e. The topological polar surface area (TPSA) is 41.6 Å². The SMILES string of the molecule is COc1ccc(C(C)N2CC(CNC(=O)c3cccc(Cl)c3)C2)c(C)c1C. The lowest BCUT2D eigenvalue weighted by Crippen LogP contribution is -2.52. The van der Waals surface area contributed by atoms with Crippen molar-refractivity contribution in [3.63, 3.8) is 0 Å². The van der Waals surface area contributed by atoms with Crippen molar-refractivity contribution in [1.82, 2.24) is 10.2 Å². The number of ether oxygens (including phenoxy) is 1. The highest BCUT2D eigenvalue weighted by Gasteiger charge is 2.31. The van der Waals surface area contributed by atoms with E-state index in [4.69, 9.17) is 16.3 Å². The first kappa shape index (κ1) is 19.7. The lowest BCUT2D eigenvalue weighted by Gasteiger charge is -2.44. The van der Waals surface area contributed by atoms with Gasteiger partial charge in [0, 0.05) is 42.2 Å². The van der Waals surface area contributed by atoms with E-state index in [1.165, 1.54) is 16.7 Å². The number of hydrogen-bond donors (Lipinski definition) is 1. The Balaban J connectivity index is 1.52. The Morgan fingerprint density at radius 3 is 2.67 bits per heavy atom. The summed E-state index contributed by atoms with van der Waals surface area (Å²) in [7, 11) is 1.71. The zero-order valence-corrected chi connectivity index (χ0v) is 17.1. The van der Waals surface area contributed by atoms with Crippen molar-refractivity contribution in [2.45, 2.75) is 26.8 Å². The second kappa shape index (κ2) is 8.32. The van der Waals surface area contributed by atoms with E-state index in [0.29, 0.717) is 29.1 Å². The number of nitrogens with zero attached hydrogens (tertiary/aromatic N) is 1. The molecule has 0 radical (unpaired) electrons. The van der Waals surface area contributed by atoms with Gasteiger partial charge in [-0.15, -0.1) is 0 Å². The molecule has 0 bridgehead atoms. The molecule has 0 aromatic heterocycles. The molecular formula is C22H27ClN2O2. The quantitative estimate of drug-likeness (QED) is 0.800. The summed E-state index contributed by atoms with van der Waals surface area (Å²) in [6.07, 6.45) is 0. The summed E-state index contributed by atoms with van der Waals surface area (Å²) in [6, 6.07) is 11.6. The summed E-state index contributed by atoms with van der Waals surface area (Å²) in [5.74, 6) is 1.36. The van der Waals surface area contributed by atoms with E-state index in [1.54, 1.807) is 31.4 Å². The van der Waals surface area contributed by atoms with E-state index in [1.807, 2.05) is 0 Å². The third kappa shape index (κ3) is 4.28. The van der Waals surface area contributed by atoms with Crippen LogP contribution in [0.2, 0.25) is 5.02 Å². The normalized spacial score (nSPS) is 15.9. The van der Waals surface area contributed by atoms with Gasteiger partial charge in [-0.2, -0.15) is 0 Å². The predicted octanol–water partition coefficient (Wildman–Crippen LogP) is 4.39. The number of benzene rings is 2. The summed E-state index contributed by atoms with van der Waals surface area (Å²) in [4.78, 5) is 14.7. The summed E-state index contributed by atoms with van der Waals surface area (Å²) in [5.41, 5.74) is 4.44. The number of methoxy groups -OCH3 is 1. The molecule has 1 aliphatic rings. The third-order valence-corrected chi connectivity index (χ3v) is 5.86. The lowest BCUT2D eigenvalue weighted by atomic mass is 9.91. The van der Waals surface area contributed by atoms with Crippen LogP contribution in [0.15, 0.2) is 36.4 Å². The smallest absolute Gasteiger partial charge is 0.251 e. The van der Waals surface area contributed by atoms with Gasteiger partial charge in [0.2, 0.25) is 0 Å². The van der Waals surface area contributed by atoms with Crippen LogP contribution < -0.4 is 10.1 Å². The number of likely N-dealkylation sites (tertiary alicyclic amines) is 1. The Morgan fingerprint density at radius 2 is 2.00 bits per heavy atom. The molecular weight excluding hydrogens is 360 g/mol. The molecule has 0 saturated carbocycles. The van der Waals surface area contributed by atoms with Crippen LogP contribution in [0.1, 0.15) is 40.0 Å². The van der Waals surface area contributed by atoms with E-state index >= 15 is 0 Å². The summed E-state index contributed by atoms with van der Waals surface area (Å²) >= 11 is 5.95. The maximum absolute atomic E-state index is 12.2. The second-order valence-electron chi connectivity index (χ2n) is 7.32. The van der Waals surface area contributed by atoms with E-state index in [2.05, 4.69) is 43.1 Å². The molecule has 27 heavy (non-hydrogen) atoms. The average molecular weight is 387 g/mol. The van der Waals surface area contributed by atoms with Crippen molar-refractivity contribution >= 4 is 17.5 Å². The first-order valence-electron chi connectivity index (χ1n) is 9.32. The van der Waals surface area contributed by atoms with Crippen molar-refractivity contribution in [1.29, 1.82) is 0 Å². The van der Waals surface area contributed by atoms with Crippen LogP contribution in [-0.2, 0) is 0 Å². The van der Waals surface area contributed by atoms with Crippen molar-refractivity contribution in [3.05, 3.63) is 63.7 Å². The fourth-order valence-corrected chi connectivity index (χ4v) is 3.90. The van der Waals surface area contributed by atoms with Crippen molar-refractivity contribution in [2.24, 2.45) is 5.92 Å². The van der Waals surface area contributed by atoms with Crippen LogP contribution in [0.4, 0.5) is 0 Å². The summed E-state index contributed by atoms with van der Waals surface area (Å²) in [6.45, 7) is 9.17. The number of amides is 1. The van der Waals surface area contributed by atoms with Gasteiger partial charge in [-0.05, 0) is 61.7 Å². The molecule has 5 heteroatoms. The number of hydrogen-bond acceptors (Lipinski definition) is 3. The zero-order chi connectivity index (χ0) is 19.6. The highest BCUT2D eigenvalue weighted by atomic mass is 35.5. The third-order valence-electron chi connectivity index (χ3n) is 5.62. The van der Waals surface area contributed by atoms with Crippen LogP contribution in [0, 0.1) is 19.8 Å². The largest absolute Gasteiger partial charge is 0.496 e. The monoisotopic (exact) mass is 386 g/mol. The molecule has 3 rings (SSSR count). The number of carbonyl (C=O) groups is 1. The number of carbonyl (C=O) groups excluding carboxylic acids is 1. The van der Waals surface area contributed by atoms with Crippen LogP contribution in [0.3, 0.4) is 0 Å². The predicted molar refractivity (Wildman–Crippen MR) is 110 cm³/mol. The molecule has 1 saturated heterocycles. The van der Waals surface area contributed by atoms with Gasteiger partial charge in [-0.25, -0.2) is 0 Å². The Labute approximate surface area is 166 Å². The molecule has 0 spiro atoms. The van der Waals surface area contributed by atoms with Gasteiger partial charge in [-0.1, -0.05) is 23.7 Å². The molecule has 1 atom stereocenters. The van der Waals surface area contributed by atoms with Crippen molar-refractivity contribution < 1.29 is 9.53 Å². The van der Waals surface area contributed by atoms with Gasteiger partial charge in [-0.3, -0.25) is 9.69 Å². The first-order chi connectivity index (χ1) is 12.9. The van der Waals surface area contributed by atoms with Gasteiger partial charge in [0.1, 0.15) is 5.75 Å². The molecule has 1 unspecified atom stereocenters. The van der Waals surface area contributed by atoms with Gasteiger partial charge in [0.05, 0.1) is 7.11 Å². The van der Waals surface area contributed by atoms with Crippen LogP contribution in [0.5, 0.6) is 5.75 Å². The molecule has 2 aromatic rings. The molecule has 1 amide bonds. The van der Waals surface area contributed by atoms with E-state index in [0.717, 1.165) is 18.8 Å². The first-order valence-corrected chi connectivity index (χ1v) is 9.70. The van der Waals surface area contributed by atoms with Gasteiger partial charge >= 0.3 is 0 Å². The summed E-state index contributed by atoms with van der Waals surface area (Å²) < 4.78 is 5.41. The Bertz CT molecular complexity index is 831. The summed E-state index contributed by atoms with van der Waals surface area (Å²) in [5, 5.41) is 3.60. The van der Waals surface area contributed by atoms with Gasteiger partial charge in [0.15, 0.2) is 0 Å². The number of rotatable bonds is 6. The highest BCUT2D eigenvalue weighted by Crippen LogP contribution is 2.33. The molecule has 4 nitrogen and oxygen atoms in total. The molecule has 144 valence electrons. The van der Waals surface area contributed by atoms with Crippen LogP contribution in [0.25, 0.3) is 0 Å². The number of halogens is 1. The van der Waals surface area contributed by atoms with Crippen molar-refractivity contribution in [2.75, 3.05) is 26.7 Å². The molecule has 1 heterocycles. The minimum absolute atomic E-state index is 0.0642. The maximum Gasteiger partial charge on any atom is 0.251 e. The molecule has 1 N–H and O–H groups in total. The van der Waals surface area contributed by atoms with E-state index in [-0.39, 0.29) is 5.91 Å². The van der Waals surface area contributed by atoms with Crippen LogP contribution in [-0.4, -0.2) is 37.6 Å². The molecule has 1 aliphatic heterocycles. The Morgan fingerprint density at radius 1 is 1.26 bits per heavy atom. The van der Waals surface area contributed by atoms with E-state index in [9.17, 15) is 4.79 Å². The second-order valence-corrected chi connectivity index (χ2v) is 7.76. The minimum atomic E-state index is -0.0642.